The number of hydrogen-bond acceptors (Lipinski definition) is 7. The van der Waals surface area contributed by atoms with Gasteiger partial charge >= 0.3 is 6.09 Å². The van der Waals surface area contributed by atoms with E-state index in [-0.39, 0.29) is 35.9 Å². The van der Waals surface area contributed by atoms with Crippen molar-refractivity contribution in [2.24, 2.45) is 0 Å². The molecule has 0 aliphatic carbocycles. The molecule has 4 rings (SSSR count). The Bertz CT molecular complexity index is 1570. The van der Waals surface area contributed by atoms with Crippen molar-refractivity contribution in [3.63, 3.8) is 0 Å². The van der Waals surface area contributed by atoms with Crippen molar-refractivity contribution in [1.29, 1.82) is 0 Å². The first-order valence-corrected chi connectivity index (χ1v) is 16.8. The maximum Gasteiger partial charge on any atom is 0.410 e. The number of carbonyl (C=O) groups is 4. The lowest BCUT2D eigenvalue weighted by Crippen LogP contribution is -2.59. The maximum atomic E-state index is 14.2. The van der Waals surface area contributed by atoms with Gasteiger partial charge in [0.1, 0.15) is 34.8 Å². The fraction of sp³-hybridized carbons (Fsp3) is 0.528. The van der Waals surface area contributed by atoms with E-state index in [4.69, 9.17) is 9.47 Å². The minimum Gasteiger partial charge on any atom is -0.444 e. The average molecular weight is 681 g/mol. The molecule has 3 aromatic rings. The van der Waals surface area contributed by atoms with E-state index in [9.17, 15) is 23.6 Å². The number of aromatic nitrogens is 2. The van der Waals surface area contributed by atoms with E-state index >= 15 is 0 Å². The van der Waals surface area contributed by atoms with E-state index in [0.717, 1.165) is 5.56 Å². The number of carbonyl (C=O) groups excluding carboxylic acids is 4. The molecule has 0 radical (unpaired) electrons. The molecule has 1 aliphatic rings. The van der Waals surface area contributed by atoms with Crippen LogP contribution in [0.1, 0.15) is 70.4 Å². The standard InChI is InChI=1S/C36H49FN6O6/c1-8-48-25(3)31(39-32(44)24(2)40(7)35(47)49-36(4,5)6)34(46)43-20-11-12-28(43)22-42(21-18-26-14-16-27(37)17-15-26)33(45)29-23-41-19-10-9-13-30(41)38-29/h9-10,13-17,19,23-25,28,31H,8,11-12,18,20-22H2,1-7H3,(H,39,44)/t24-,25+,28-,31-/m0/s1. The number of rotatable bonds is 13. The maximum absolute atomic E-state index is 14.2. The van der Waals surface area contributed by atoms with E-state index in [1.54, 1.807) is 74.1 Å². The predicted molar refractivity (Wildman–Crippen MR) is 182 cm³/mol. The van der Waals surface area contributed by atoms with E-state index in [0.29, 0.717) is 44.6 Å². The molecule has 2 aromatic heterocycles. The van der Waals surface area contributed by atoms with Gasteiger partial charge in [-0.25, -0.2) is 14.2 Å². The lowest BCUT2D eigenvalue weighted by molar-refractivity contribution is -0.142. The summed E-state index contributed by atoms with van der Waals surface area (Å²) in [5.41, 5.74) is 1.04. The Morgan fingerprint density at radius 2 is 1.82 bits per heavy atom. The monoisotopic (exact) mass is 680 g/mol. The summed E-state index contributed by atoms with van der Waals surface area (Å²) in [6.07, 6.45) is 4.01. The number of benzene rings is 1. The first kappa shape index (κ1) is 37.3. The summed E-state index contributed by atoms with van der Waals surface area (Å²) >= 11 is 0. The van der Waals surface area contributed by atoms with E-state index in [1.807, 2.05) is 24.4 Å². The summed E-state index contributed by atoms with van der Waals surface area (Å²) in [4.78, 5) is 63.4. The highest BCUT2D eigenvalue weighted by Crippen LogP contribution is 2.23. The van der Waals surface area contributed by atoms with E-state index in [1.165, 1.54) is 24.1 Å². The second-order valence-corrected chi connectivity index (χ2v) is 13.5. The number of fused-ring (bicyclic) bond motifs is 1. The van der Waals surface area contributed by atoms with Crippen molar-refractivity contribution >= 4 is 29.5 Å². The lowest BCUT2D eigenvalue weighted by atomic mass is 10.1. The fourth-order valence-corrected chi connectivity index (χ4v) is 5.82. The number of nitrogens with one attached hydrogen (secondary N) is 1. The average Bonchev–Trinajstić information content (AvgIpc) is 3.71. The Balaban J connectivity index is 1.54. The third-order valence-corrected chi connectivity index (χ3v) is 8.65. The van der Waals surface area contributed by atoms with E-state index in [2.05, 4.69) is 10.3 Å². The number of halogens is 1. The second-order valence-electron chi connectivity index (χ2n) is 13.5. The van der Waals surface area contributed by atoms with E-state index < -0.39 is 35.8 Å². The van der Waals surface area contributed by atoms with Crippen molar-refractivity contribution < 1.29 is 33.0 Å². The summed E-state index contributed by atoms with van der Waals surface area (Å²) < 4.78 is 26.6. The summed E-state index contributed by atoms with van der Waals surface area (Å²) in [5.74, 6) is -1.48. The van der Waals surface area contributed by atoms with Gasteiger partial charge in [0.15, 0.2) is 0 Å². The highest BCUT2D eigenvalue weighted by molar-refractivity contribution is 5.93. The van der Waals surface area contributed by atoms with Gasteiger partial charge in [0, 0.05) is 51.7 Å². The molecule has 1 aromatic carbocycles. The molecule has 266 valence electrons. The molecule has 1 fully saturated rings. The van der Waals surface area contributed by atoms with Crippen molar-refractivity contribution in [3.05, 3.63) is 71.9 Å². The normalized spacial score (nSPS) is 16.6. The predicted octanol–water partition coefficient (Wildman–Crippen LogP) is 4.31. The van der Waals surface area contributed by atoms with Gasteiger partial charge in [0.2, 0.25) is 11.8 Å². The van der Waals surface area contributed by atoms with Crippen LogP contribution < -0.4 is 5.32 Å². The molecule has 3 heterocycles. The number of ether oxygens (including phenoxy) is 2. The molecule has 1 N–H and O–H groups in total. The fourth-order valence-electron chi connectivity index (χ4n) is 5.82. The Kier molecular flexibility index (Phi) is 12.4. The van der Waals surface area contributed by atoms with Crippen molar-refractivity contribution in [2.75, 3.05) is 33.3 Å². The van der Waals surface area contributed by atoms with Crippen LogP contribution in [0.15, 0.2) is 54.9 Å². The van der Waals surface area contributed by atoms with Crippen LogP contribution in [0.3, 0.4) is 0 Å². The molecule has 0 saturated carbocycles. The van der Waals surface area contributed by atoms with Crippen molar-refractivity contribution in [1.82, 2.24) is 29.4 Å². The molecule has 0 spiro atoms. The number of hydrogen-bond donors (Lipinski definition) is 1. The highest BCUT2D eigenvalue weighted by Gasteiger charge is 2.39. The van der Waals surface area contributed by atoms with Gasteiger partial charge < -0.3 is 29.0 Å². The van der Waals surface area contributed by atoms with Gasteiger partial charge in [-0.1, -0.05) is 18.2 Å². The van der Waals surface area contributed by atoms with Crippen molar-refractivity contribution in [3.8, 4) is 0 Å². The Hall–Kier alpha value is -4.52. The molecule has 1 saturated heterocycles. The number of imidazole rings is 1. The second kappa shape index (κ2) is 16.3. The summed E-state index contributed by atoms with van der Waals surface area (Å²) in [5, 5.41) is 2.84. The molecular weight excluding hydrogens is 631 g/mol. The zero-order chi connectivity index (χ0) is 35.9. The summed E-state index contributed by atoms with van der Waals surface area (Å²) in [6, 6.07) is 9.38. The van der Waals surface area contributed by atoms with Gasteiger partial charge in [-0.3, -0.25) is 19.3 Å². The number of amides is 4. The third-order valence-electron chi connectivity index (χ3n) is 8.65. The number of pyridine rings is 1. The molecule has 12 nitrogen and oxygen atoms in total. The minimum atomic E-state index is -1.04. The van der Waals surface area contributed by atoms with Gasteiger partial charge in [-0.2, -0.15) is 0 Å². The molecule has 4 atom stereocenters. The van der Waals surface area contributed by atoms with Crippen LogP contribution in [0.25, 0.3) is 5.65 Å². The molecule has 1 aliphatic heterocycles. The van der Waals surface area contributed by atoms with Crippen LogP contribution in [0, 0.1) is 5.82 Å². The molecule has 4 amide bonds. The number of likely N-dealkylation sites (tertiary alicyclic amines) is 1. The Morgan fingerprint density at radius 1 is 1.10 bits per heavy atom. The summed E-state index contributed by atoms with van der Waals surface area (Å²) in [6.45, 7) is 11.6. The van der Waals surface area contributed by atoms with Gasteiger partial charge in [0.25, 0.3) is 5.91 Å². The largest absolute Gasteiger partial charge is 0.444 e. The number of likely N-dealkylation sites (N-methyl/N-ethyl adjacent to an activating group) is 1. The van der Waals surface area contributed by atoms with Crippen LogP contribution in [0.5, 0.6) is 0 Å². The first-order valence-electron chi connectivity index (χ1n) is 16.8. The van der Waals surface area contributed by atoms with Crippen LogP contribution in [-0.4, -0.2) is 111 Å². The SMILES string of the molecule is CCO[C@H](C)[C@H](NC(=O)[C@H](C)N(C)C(=O)OC(C)(C)C)C(=O)N1CCC[C@H]1CN(CCc1ccc(F)cc1)C(=O)c1cn2ccccc2n1. The zero-order valence-corrected chi connectivity index (χ0v) is 29.5. The Labute approximate surface area is 287 Å². The first-order chi connectivity index (χ1) is 23.2. The molecular formula is C36H49FN6O6. The third kappa shape index (κ3) is 9.78. The molecule has 0 unspecified atom stereocenters. The minimum absolute atomic E-state index is 0.237. The quantitative estimate of drug-likeness (QED) is 0.285. The van der Waals surface area contributed by atoms with Crippen LogP contribution in [-0.2, 0) is 25.5 Å². The lowest BCUT2D eigenvalue weighted by Gasteiger charge is -2.35. The van der Waals surface area contributed by atoms with Gasteiger partial charge in [0.05, 0.1) is 6.10 Å². The van der Waals surface area contributed by atoms with Gasteiger partial charge in [-0.15, -0.1) is 0 Å². The molecule has 0 bridgehead atoms. The van der Waals surface area contributed by atoms with Crippen LogP contribution >= 0.6 is 0 Å². The number of nitrogens with zero attached hydrogens (tertiary/aromatic N) is 5. The molecule has 49 heavy (non-hydrogen) atoms. The van der Waals surface area contributed by atoms with Crippen molar-refractivity contribution in [2.45, 2.75) is 90.6 Å². The molecule has 13 heteroatoms. The van der Waals surface area contributed by atoms with Crippen LogP contribution in [0.4, 0.5) is 9.18 Å². The highest BCUT2D eigenvalue weighted by atomic mass is 19.1. The van der Waals surface area contributed by atoms with Gasteiger partial charge in [-0.05, 0) is 90.6 Å². The van der Waals surface area contributed by atoms with Crippen LogP contribution in [0.2, 0.25) is 0 Å². The Morgan fingerprint density at radius 3 is 2.47 bits per heavy atom. The summed E-state index contributed by atoms with van der Waals surface area (Å²) in [7, 11) is 1.47. The zero-order valence-electron chi connectivity index (χ0n) is 29.5. The topological polar surface area (TPSA) is 126 Å². The smallest absolute Gasteiger partial charge is 0.410 e.